The number of hydrogen-bond donors (Lipinski definition) is 0. The third-order valence-electron chi connectivity index (χ3n) is 3.67. The van der Waals surface area contributed by atoms with Gasteiger partial charge in [0.05, 0.1) is 15.7 Å². The molecule has 0 saturated heterocycles. The summed E-state index contributed by atoms with van der Waals surface area (Å²) in [6, 6.07) is 9.99. The average Bonchev–Trinajstić information content (AvgIpc) is 3.34. The SMILES string of the molecule is Clc1nc(-c2cccc3cccnc23)nc(C2CC2)c1Br. The van der Waals surface area contributed by atoms with E-state index in [1.54, 1.807) is 6.20 Å². The van der Waals surface area contributed by atoms with Crippen molar-refractivity contribution in [1.29, 1.82) is 0 Å². The van der Waals surface area contributed by atoms with E-state index in [-0.39, 0.29) is 0 Å². The standard InChI is InChI=1S/C16H11BrClN3/c17-12-14(10-6-7-10)20-16(21-15(12)18)11-5-1-3-9-4-2-8-19-13(9)11/h1-5,8,10H,6-7H2. The highest BCUT2D eigenvalue weighted by atomic mass is 79.9. The monoisotopic (exact) mass is 359 g/mol. The second-order valence-electron chi connectivity index (χ2n) is 5.19. The summed E-state index contributed by atoms with van der Waals surface area (Å²) >= 11 is 9.78. The summed E-state index contributed by atoms with van der Waals surface area (Å²) in [5.74, 6) is 1.15. The minimum absolute atomic E-state index is 0.467. The third-order valence-corrected chi connectivity index (χ3v) is 4.96. The van der Waals surface area contributed by atoms with E-state index in [4.69, 9.17) is 16.6 Å². The molecule has 0 atom stereocenters. The second-order valence-corrected chi connectivity index (χ2v) is 6.34. The van der Waals surface area contributed by atoms with E-state index >= 15 is 0 Å². The van der Waals surface area contributed by atoms with Crippen LogP contribution in [0.25, 0.3) is 22.3 Å². The zero-order valence-electron chi connectivity index (χ0n) is 11.1. The van der Waals surface area contributed by atoms with Crippen molar-refractivity contribution in [3.8, 4) is 11.4 Å². The summed E-state index contributed by atoms with van der Waals surface area (Å²) in [6.45, 7) is 0. The maximum atomic E-state index is 6.27. The van der Waals surface area contributed by atoms with Crippen LogP contribution in [-0.4, -0.2) is 15.0 Å². The number of pyridine rings is 1. The Kier molecular flexibility index (Phi) is 3.16. The Morgan fingerprint density at radius 3 is 2.71 bits per heavy atom. The van der Waals surface area contributed by atoms with E-state index in [1.165, 1.54) is 12.8 Å². The fourth-order valence-electron chi connectivity index (χ4n) is 2.47. The normalized spacial score (nSPS) is 14.6. The minimum atomic E-state index is 0.467. The Bertz CT molecular complexity index is 841. The first kappa shape index (κ1) is 13.2. The van der Waals surface area contributed by atoms with E-state index in [1.807, 2.05) is 30.3 Å². The summed E-state index contributed by atoms with van der Waals surface area (Å²) in [5.41, 5.74) is 2.84. The highest BCUT2D eigenvalue weighted by Gasteiger charge is 2.29. The minimum Gasteiger partial charge on any atom is -0.255 e. The topological polar surface area (TPSA) is 38.7 Å². The largest absolute Gasteiger partial charge is 0.255 e. The van der Waals surface area contributed by atoms with Crippen molar-refractivity contribution in [2.24, 2.45) is 0 Å². The fourth-order valence-corrected chi connectivity index (χ4v) is 3.15. The maximum absolute atomic E-state index is 6.27. The van der Waals surface area contributed by atoms with Crippen LogP contribution in [0.2, 0.25) is 5.15 Å². The van der Waals surface area contributed by atoms with Crippen molar-refractivity contribution in [2.45, 2.75) is 18.8 Å². The van der Waals surface area contributed by atoms with E-state index in [0.29, 0.717) is 16.9 Å². The molecule has 1 aliphatic carbocycles. The molecule has 1 aliphatic rings. The van der Waals surface area contributed by atoms with Gasteiger partial charge in [0, 0.05) is 23.1 Å². The van der Waals surface area contributed by atoms with Crippen molar-refractivity contribution < 1.29 is 0 Å². The molecule has 21 heavy (non-hydrogen) atoms. The van der Waals surface area contributed by atoms with Crippen molar-refractivity contribution in [1.82, 2.24) is 15.0 Å². The molecular weight excluding hydrogens is 350 g/mol. The summed E-state index contributed by atoms with van der Waals surface area (Å²) in [5, 5.41) is 1.54. The van der Waals surface area contributed by atoms with Gasteiger partial charge in [-0.3, -0.25) is 4.98 Å². The molecule has 1 saturated carbocycles. The van der Waals surface area contributed by atoms with Crippen molar-refractivity contribution >= 4 is 38.4 Å². The lowest BCUT2D eigenvalue weighted by Crippen LogP contribution is -1.98. The van der Waals surface area contributed by atoms with Gasteiger partial charge in [-0.25, -0.2) is 9.97 Å². The molecule has 2 heterocycles. The summed E-state index contributed by atoms with van der Waals surface area (Å²) in [4.78, 5) is 13.6. The van der Waals surface area contributed by atoms with Gasteiger partial charge in [-0.15, -0.1) is 0 Å². The van der Waals surface area contributed by atoms with Crippen LogP contribution in [0.4, 0.5) is 0 Å². The van der Waals surface area contributed by atoms with Gasteiger partial charge in [0.1, 0.15) is 5.15 Å². The average molecular weight is 361 g/mol. The van der Waals surface area contributed by atoms with Gasteiger partial charge in [-0.05, 0) is 40.9 Å². The molecule has 0 bridgehead atoms. The zero-order valence-corrected chi connectivity index (χ0v) is 13.4. The van der Waals surface area contributed by atoms with Gasteiger partial charge in [-0.1, -0.05) is 29.8 Å². The van der Waals surface area contributed by atoms with Crippen LogP contribution < -0.4 is 0 Å². The van der Waals surface area contributed by atoms with Gasteiger partial charge >= 0.3 is 0 Å². The van der Waals surface area contributed by atoms with Crippen LogP contribution in [0.1, 0.15) is 24.5 Å². The Balaban J connectivity index is 1.96. The molecule has 104 valence electrons. The first-order chi connectivity index (χ1) is 10.2. The molecule has 0 radical (unpaired) electrons. The Morgan fingerprint density at radius 1 is 1.10 bits per heavy atom. The predicted octanol–water partition coefficient (Wildman–Crippen LogP) is 4.99. The molecule has 5 heteroatoms. The lowest BCUT2D eigenvalue weighted by Gasteiger charge is -2.09. The third kappa shape index (κ3) is 2.32. The number of benzene rings is 1. The Labute approximate surface area is 135 Å². The van der Waals surface area contributed by atoms with Gasteiger partial charge in [0.15, 0.2) is 5.82 Å². The summed E-state index contributed by atoms with van der Waals surface area (Å²) in [7, 11) is 0. The summed E-state index contributed by atoms with van der Waals surface area (Å²) in [6.07, 6.45) is 4.12. The van der Waals surface area contributed by atoms with Gasteiger partial charge < -0.3 is 0 Å². The number of rotatable bonds is 2. The molecule has 0 amide bonds. The van der Waals surface area contributed by atoms with Gasteiger partial charge in [0.25, 0.3) is 0 Å². The van der Waals surface area contributed by atoms with E-state index in [0.717, 1.165) is 26.6 Å². The van der Waals surface area contributed by atoms with Gasteiger partial charge in [0.2, 0.25) is 0 Å². The lowest BCUT2D eigenvalue weighted by atomic mass is 10.1. The quantitative estimate of drug-likeness (QED) is 0.605. The van der Waals surface area contributed by atoms with Crippen LogP contribution in [0, 0.1) is 0 Å². The molecule has 1 fully saturated rings. The highest BCUT2D eigenvalue weighted by Crippen LogP contribution is 2.44. The van der Waals surface area contributed by atoms with Crippen molar-refractivity contribution in [2.75, 3.05) is 0 Å². The number of fused-ring (bicyclic) bond motifs is 1. The van der Waals surface area contributed by atoms with Crippen LogP contribution in [0.3, 0.4) is 0 Å². The number of halogens is 2. The molecule has 0 N–H and O–H groups in total. The maximum Gasteiger partial charge on any atom is 0.163 e. The van der Waals surface area contributed by atoms with Crippen LogP contribution in [0.5, 0.6) is 0 Å². The zero-order chi connectivity index (χ0) is 14.4. The van der Waals surface area contributed by atoms with Crippen LogP contribution >= 0.6 is 27.5 Å². The molecule has 0 spiro atoms. The van der Waals surface area contributed by atoms with Crippen molar-refractivity contribution in [3.05, 3.63) is 51.8 Å². The molecule has 3 aromatic rings. The van der Waals surface area contributed by atoms with Crippen LogP contribution in [-0.2, 0) is 0 Å². The molecule has 1 aromatic carbocycles. The molecule has 3 nitrogen and oxygen atoms in total. The lowest BCUT2D eigenvalue weighted by molar-refractivity contribution is 0.980. The van der Waals surface area contributed by atoms with E-state index < -0.39 is 0 Å². The first-order valence-electron chi connectivity index (χ1n) is 6.81. The number of para-hydroxylation sites is 1. The Morgan fingerprint density at radius 2 is 1.90 bits per heavy atom. The Hall–Kier alpha value is -1.52. The number of hydrogen-bond acceptors (Lipinski definition) is 3. The van der Waals surface area contributed by atoms with E-state index in [9.17, 15) is 0 Å². The molecule has 2 aromatic heterocycles. The van der Waals surface area contributed by atoms with Crippen LogP contribution in [0.15, 0.2) is 41.0 Å². The summed E-state index contributed by atoms with van der Waals surface area (Å²) < 4.78 is 0.823. The smallest absolute Gasteiger partial charge is 0.163 e. The molecule has 4 rings (SSSR count). The number of nitrogens with zero attached hydrogens (tertiary/aromatic N) is 3. The molecular formula is C16H11BrClN3. The van der Waals surface area contributed by atoms with Gasteiger partial charge in [-0.2, -0.15) is 0 Å². The first-order valence-corrected chi connectivity index (χ1v) is 7.98. The molecule has 0 unspecified atom stereocenters. The highest BCUT2D eigenvalue weighted by molar-refractivity contribution is 9.10. The van der Waals surface area contributed by atoms with E-state index in [2.05, 4.69) is 25.9 Å². The second kappa shape index (κ2) is 5.04. The fraction of sp³-hybridized carbons (Fsp3) is 0.188. The van der Waals surface area contributed by atoms with Crippen molar-refractivity contribution in [3.63, 3.8) is 0 Å². The molecule has 0 aliphatic heterocycles. The number of aromatic nitrogens is 3. The predicted molar refractivity (Wildman–Crippen MR) is 87.5 cm³/mol.